The molecule has 0 aromatic carbocycles. The van der Waals surface area contributed by atoms with Gasteiger partial charge in [-0.15, -0.1) is 12.4 Å². The molecule has 4 atom stereocenters. The van der Waals surface area contributed by atoms with Gasteiger partial charge in [-0.1, -0.05) is 0 Å². The maximum Gasteiger partial charge on any atom is 0.229 e. The molecule has 7 heteroatoms. The summed E-state index contributed by atoms with van der Waals surface area (Å²) in [7, 11) is 0. The van der Waals surface area contributed by atoms with Crippen LogP contribution >= 0.6 is 12.4 Å². The van der Waals surface area contributed by atoms with Crippen LogP contribution in [0.15, 0.2) is 0 Å². The Morgan fingerprint density at radius 2 is 1.81 bits per heavy atom. The van der Waals surface area contributed by atoms with Crippen LogP contribution in [-0.2, 0) is 14.4 Å². The summed E-state index contributed by atoms with van der Waals surface area (Å²) >= 11 is 0. The second-order valence-corrected chi connectivity index (χ2v) is 6.17. The fraction of sp³-hybridized carbons (Fsp3) is 0.786. The Balaban J connectivity index is 0.00000161. The number of rotatable bonds is 4. The molecule has 3 aliphatic rings. The average molecular weight is 316 g/mol. The van der Waals surface area contributed by atoms with E-state index in [1.54, 1.807) is 0 Å². The largest absolute Gasteiger partial charge is 0.354 e. The minimum Gasteiger partial charge on any atom is -0.354 e. The first-order valence-corrected chi connectivity index (χ1v) is 7.44. The summed E-state index contributed by atoms with van der Waals surface area (Å²) < 4.78 is 0. The third kappa shape index (κ3) is 2.92. The van der Waals surface area contributed by atoms with Crippen molar-refractivity contribution in [2.75, 3.05) is 13.1 Å². The molecule has 1 aliphatic heterocycles. The highest BCUT2D eigenvalue weighted by Gasteiger charge is 2.48. The number of fused-ring (bicyclic) bond motifs is 2. The number of amides is 3. The zero-order valence-electron chi connectivity index (χ0n) is 11.9. The van der Waals surface area contributed by atoms with Crippen molar-refractivity contribution in [2.24, 2.45) is 23.5 Å². The number of carbonyl (C=O) groups excluding carboxylic acids is 3. The smallest absolute Gasteiger partial charge is 0.229 e. The number of hydrogen-bond acceptors (Lipinski definition) is 4. The molecule has 2 aliphatic carbocycles. The quantitative estimate of drug-likeness (QED) is 0.717. The van der Waals surface area contributed by atoms with Gasteiger partial charge in [0.2, 0.25) is 17.7 Å². The summed E-state index contributed by atoms with van der Waals surface area (Å²) in [4.78, 5) is 36.3. The molecule has 6 nitrogen and oxygen atoms in total. The zero-order valence-corrected chi connectivity index (χ0v) is 12.7. The second kappa shape index (κ2) is 6.32. The second-order valence-electron chi connectivity index (χ2n) is 6.17. The lowest BCUT2D eigenvalue weighted by molar-refractivity contribution is -0.139. The summed E-state index contributed by atoms with van der Waals surface area (Å²) in [5.74, 6) is 0.548. The van der Waals surface area contributed by atoms with Crippen molar-refractivity contribution in [2.45, 2.75) is 38.1 Å². The van der Waals surface area contributed by atoms with Crippen LogP contribution in [0.1, 0.15) is 32.1 Å². The molecule has 1 heterocycles. The van der Waals surface area contributed by atoms with E-state index in [1.807, 2.05) is 0 Å². The molecule has 0 radical (unpaired) electrons. The Morgan fingerprint density at radius 3 is 2.38 bits per heavy atom. The van der Waals surface area contributed by atoms with E-state index in [2.05, 4.69) is 5.32 Å². The van der Waals surface area contributed by atoms with Crippen LogP contribution in [0.25, 0.3) is 0 Å². The molecule has 2 bridgehead atoms. The predicted molar refractivity (Wildman–Crippen MR) is 78.5 cm³/mol. The number of imide groups is 1. The van der Waals surface area contributed by atoms with Crippen molar-refractivity contribution in [3.05, 3.63) is 0 Å². The highest BCUT2D eigenvalue weighted by atomic mass is 35.5. The highest BCUT2D eigenvalue weighted by molar-refractivity contribution is 6.01. The molecule has 3 fully saturated rings. The minimum atomic E-state index is -0.138. The first-order chi connectivity index (χ1) is 9.58. The summed E-state index contributed by atoms with van der Waals surface area (Å²) in [5.41, 5.74) is 6.12. The van der Waals surface area contributed by atoms with Crippen molar-refractivity contribution in [3.8, 4) is 0 Å². The Kier molecular flexibility index (Phi) is 4.88. The van der Waals surface area contributed by atoms with Gasteiger partial charge < -0.3 is 11.1 Å². The van der Waals surface area contributed by atoms with Crippen LogP contribution in [0.5, 0.6) is 0 Å². The summed E-state index contributed by atoms with van der Waals surface area (Å²) in [5, 5.41) is 2.84. The monoisotopic (exact) mass is 315 g/mol. The van der Waals surface area contributed by atoms with Gasteiger partial charge in [0.15, 0.2) is 0 Å². The maximum atomic E-state index is 12.2. The van der Waals surface area contributed by atoms with Crippen molar-refractivity contribution in [1.82, 2.24) is 10.2 Å². The van der Waals surface area contributed by atoms with Gasteiger partial charge in [0.1, 0.15) is 0 Å². The average Bonchev–Trinajstić information content (AvgIpc) is 3.08. The van der Waals surface area contributed by atoms with Crippen molar-refractivity contribution in [3.63, 3.8) is 0 Å². The number of likely N-dealkylation sites (tertiary alicyclic amines) is 1. The van der Waals surface area contributed by atoms with E-state index in [9.17, 15) is 14.4 Å². The van der Waals surface area contributed by atoms with E-state index in [-0.39, 0.29) is 48.6 Å². The first-order valence-electron chi connectivity index (χ1n) is 7.44. The Morgan fingerprint density at radius 1 is 1.19 bits per heavy atom. The number of nitrogens with zero attached hydrogens (tertiary/aromatic N) is 1. The van der Waals surface area contributed by atoms with E-state index < -0.39 is 0 Å². The molecular formula is C14H22ClN3O3. The first kappa shape index (κ1) is 16.2. The Labute approximate surface area is 130 Å². The lowest BCUT2D eigenvalue weighted by Gasteiger charge is -2.27. The van der Waals surface area contributed by atoms with Crippen molar-refractivity contribution in [1.29, 1.82) is 0 Å². The van der Waals surface area contributed by atoms with Crippen LogP contribution in [0.4, 0.5) is 0 Å². The number of nitrogens with one attached hydrogen (secondary N) is 1. The molecule has 0 aromatic rings. The zero-order chi connectivity index (χ0) is 14.3. The van der Waals surface area contributed by atoms with Gasteiger partial charge in [-0.25, -0.2) is 0 Å². The molecule has 2 saturated carbocycles. The molecular weight excluding hydrogens is 294 g/mol. The molecule has 4 unspecified atom stereocenters. The fourth-order valence-electron chi connectivity index (χ4n) is 4.01. The summed E-state index contributed by atoms with van der Waals surface area (Å²) in [6, 6.07) is -0.0243. The topological polar surface area (TPSA) is 92.5 Å². The number of nitrogens with two attached hydrogens (primary N) is 1. The van der Waals surface area contributed by atoms with E-state index in [0.29, 0.717) is 31.2 Å². The van der Waals surface area contributed by atoms with Gasteiger partial charge in [-0.2, -0.15) is 0 Å². The molecule has 0 aromatic heterocycles. The summed E-state index contributed by atoms with van der Waals surface area (Å²) in [6.07, 6.45) is 3.91. The molecule has 3 amide bonds. The number of carbonyl (C=O) groups is 3. The molecule has 3 N–H and O–H groups in total. The van der Waals surface area contributed by atoms with Crippen LogP contribution in [0.2, 0.25) is 0 Å². The highest BCUT2D eigenvalue weighted by Crippen LogP contribution is 2.47. The number of hydrogen-bond donors (Lipinski definition) is 2. The van der Waals surface area contributed by atoms with E-state index in [1.165, 1.54) is 4.90 Å². The third-order valence-electron chi connectivity index (χ3n) is 5.07. The normalized spacial score (nSPS) is 34.2. The minimum absolute atomic E-state index is 0. The van der Waals surface area contributed by atoms with E-state index in [0.717, 1.165) is 19.3 Å². The fourth-order valence-corrected chi connectivity index (χ4v) is 4.01. The molecule has 118 valence electrons. The maximum absolute atomic E-state index is 12.2. The van der Waals surface area contributed by atoms with Crippen LogP contribution < -0.4 is 11.1 Å². The van der Waals surface area contributed by atoms with Crippen LogP contribution in [-0.4, -0.2) is 41.8 Å². The van der Waals surface area contributed by atoms with Crippen LogP contribution in [0, 0.1) is 17.8 Å². The lowest BCUT2D eigenvalue weighted by atomic mass is 9.84. The third-order valence-corrected chi connectivity index (χ3v) is 5.07. The molecule has 3 rings (SSSR count). The standard InChI is InChI=1S/C14H21N3O3.ClH/c15-13-9-2-1-8(7-9)12(13)14(20)16-5-6-17-10(18)3-4-11(17)19;/h8-9,12-13H,1-7,15H2,(H,16,20);1H. The van der Waals surface area contributed by atoms with Gasteiger partial charge >= 0.3 is 0 Å². The van der Waals surface area contributed by atoms with Gasteiger partial charge in [0.05, 0.1) is 5.92 Å². The van der Waals surface area contributed by atoms with E-state index in [4.69, 9.17) is 5.73 Å². The molecule has 21 heavy (non-hydrogen) atoms. The van der Waals surface area contributed by atoms with Gasteiger partial charge in [0, 0.05) is 32.0 Å². The lowest BCUT2D eigenvalue weighted by Crippen LogP contribution is -2.47. The van der Waals surface area contributed by atoms with Gasteiger partial charge in [-0.05, 0) is 31.1 Å². The van der Waals surface area contributed by atoms with Gasteiger partial charge in [0.25, 0.3) is 0 Å². The van der Waals surface area contributed by atoms with E-state index >= 15 is 0 Å². The SMILES string of the molecule is Cl.NC1C2CCC(C2)C1C(=O)NCCN1C(=O)CCC1=O. The number of halogens is 1. The van der Waals surface area contributed by atoms with Crippen molar-refractivity contribution >= 4 is 30.1 Å². The van der Waals surface area contributed by atoms with Crippen LogP contribution in [0.3, 0.4) is 0 Å². The predicted octanol–water partition coefficient (Wildman–Crippen LogP) is 0.0468. The Bertz CT molecular complexity index is 439. The molecule has 0 spiro atoms. The van der Waals surface area contributed by atoms with Crippen molar-refractivity contribution < 1.29 is 14.4 Å². The Hall–Kier alpha value is -1.14. The van der Waals surface area contributed by atoms with Gasteiger partial charge in [-0.3, -0.25) is 19.3 Å². The summed E-state index contributed by atoms with van der Waals surface area (Å²) in [6.45, 7) is 0.608. The molecule has 1 saturated heterocycles.